The van der Waals surface area contributed by atoms with Crippen LogP contribution in [0.25, 0.3) is 21.8 Å². The SMILES string of the molecule is O=C1CCC(N2Cc3ccc(N4CCC(CN5CCC(n6cc7cc(NC(=O)c8cccc9c(=O)[nH]cnc89)c(N8CCCCC8)cc7n6)CC5)CC4)cc3C2=O)C(=O)N1. The van der Waals surface area contributed by atoms with Gasteiger partial charge in [-0.15, -0.1) is 0 Å². The molecule has 4 fully saturated rings. The summed E-state index contributed by atoms with van der Waals surface area (Å²) in [5, 5.41) is 12.0. The third-order valence-corrected chi connectivity index (χ3v) is 13.4. The molecule has 0 radical (unpaired) electrons. The Morgan fingerprint density at radius 3 is 2.47 bits per heavy atom. The number of anilines is 3. The quantitative estimate of drug-likeness (QED) is 0.185. The molecule has 3 N–H and O–H groups in total. The number of benzene rings is 3. The highest BCUT2D eigenvalue weighted by Gasteiger charge is 2.39. The molecule has 5 aliphatic rings. The van der Waals surface area contributed by atoms with Crippen molar-refractivity contribution in [3.05, 3.63) is 88.1 Å². The van der Waals surface area contributed by atoms with Gasteiger partial charge >= 0.3 is 0 Å². The average molecular weight is 811 g/mol. The summed E-state index contributed by atoms with van der Waals surface area (Å²) in [6.45, 7) is 7.21. The summed E-state index contributed by atoms with van der Waals surface area (Å²) in [6.07, 6.45) is 11.7. The molecule has 60 heavy (non-hydrogen) atoms. The normalized spacial score (nSPS) is 20.9. The summed E-state index contributed by atoms with van der Waals surface area (Å²) in [4.78, 5) is 79.7. The zero-order valence-corrected chi connectivity index (χ0v) is 33.7. The molecule has 4 saturated heterocycles. The van der Waals surface area contributed by atoms with E-state index >= 15 is 0 Å². The van der Waals surface area contributed by atoms with Gasteiger partial charge in [-0.3, -0.25) is 34.0 Å². The lowest BCUT2D eigenvalue weighted by Gasteiger charge is -2.38. The van der Waals surface area contributed by atoms with Crippen molar-refractivity contribution < 1.29 is 19.2 Å². The molecule has 0 spiro atoms. The largest absolute Gasteiger partial charge is 0.371 e. The summed E-state index contributed by atoms with van der Waals surface area (Å²) in [7, 11) is 0. The van der Waals surface area contributed by atoms with Gasteiger partial charge in [0.05, 0.1) is 45.7 Å². The molecule has 5 aromatic rings. The lowest BCUT2D eigenvalue weighted by molar-refractivity contribution is -0.136. The molecule has 1 unspecified atom stereocenters. The third-order valence-electron chi connectivity index (χ3n) is 13.4. The van der Waals surface area contributed by atoms with Crippen molar-refractivity contribution in [1.29, 1.82) is 0 Å². The highest BCUT2D eigenvalue weighted by atomic mass is 16.2. The van der Waals surface area contributed by atoms with Crippen molar-refractivity contribution in [2.24, 2.45) is 5.92 Å². The minimum atomic E-state index is -0.602. The topological polar surface area (TPSA) is 169 Å². The van der Waals surface area contributed by atoms with E-state index in [-0.39, 0.29) is 35.6 Å². The Labute approximate surface area is 347 Å². The number of aromatic nitrogens is 4. The molecular formula is C45H50N10O5. The number of carbonyl (C=O) groups is 4. The first-order chi connectivity index (χ1) is 29.3. The second-order valence-electron chi connectivity index (χ2n) is 17.2. The fourth-order valence-corrected chi connectivity index (χ4v) is 10.1. The van der Waals surface area contributed by atoms with Crippen LogP contribution in [0.4, 0.5) is 17.1 Å². The molecule has 3 aromatic carbocycles. The molecule has 0 aliphatic carbocycles. The smallest absolute Gasteiger partial charge is 0.258 e. The van der Waals surface area contributed by atoms with Gasteiger partial charge in [-0.1, -0.05) is 12.1 Å². The van der Waals surface area contributed by atoms with Crippen LogP contribution in [0, 0.1) is 5.92 Å². The summed E-state index contributed by atoms with van der Waals surface area (Å²) in [5.74, 6) is -0.487. The number of amides is 4. The lowest BCUT2D eigenvalue weighted by Crippen LogP contribution is -2.52. The number of imide groups is 1. The molecule has 310 valence electrons. The molecule has 1 atom stereocenters. The molecule has 2 aromatic heterocycles. The molecule has 0 bridgehead atoms. The van der Waals surface area contributed by atoms with Crippen molar-refractivity contribution in [3.8, 4) is 0 Å². The Hall–Kier alpha value is -6.09. The van der Waals surface area contributed by atoms with Crippen molar-refractivity contribution in [3.63, 3.8) is 0 Å². The predicted molar refractivity (Wildman–Crippen MR) is 228 cm³/mol. The number of likely N-dealkylation sites (tertiary alicyclic amines) is 1. The van der Waals surface area contributed by atoms with Crippen LogP contribution < -0.4 is 26.0 Å². The fourth-order valence-electron chi connectivity index (χ4n) is 10.1. The zero-order chi connectivity index (χ0) is 40.9. The number of carbonyl (C=O) groups excluding carboxylic acids is 4. The van der Waals surface area contributed by atoms with E-state index in [2.05, 4.69) is 58.3 Å². The van der Waals surface area contributed by atoms with Crippen LogP contribution >= 0.6 is 0 Å². The van der Waals surface area contributed by atoms with Crippen molar-refractivity contribution in [2.45, 2.75) is 76.4 Å². The number of para-hydroxylation sites is 1. The van der Waals surface area contributed by atoms with Gasteiger partial charge in [0.25, 0.3) is 17.4 Å². The number of hydrogen-bond donors (Lipinski definition) is 3. The third kappa shape index (κ3) is 7.28. The summed E-state index contributed by atoms with van der Waals surface area (Å²) < 4.78 is 2.14. The minimum absolute atomic E-state index is 0.130. The predicted octanol–water partition coefficient (Wildman–Crippen LogP) is 4.83. The molecule has 15 nitrogen and oxygen atoms in total. The van der Waals surface area contributed by atoms with Crippen LogP contribution in [0.15, 0.2) is 65.8 Å². The van der Waals surface area contributed by atoms with E-state index in [1.165, 1.54) is 12.7 Å². The first-order valence-corrected chi connectivity index (χ1v) is 21.6. The summed E-state index contributed by atoms with van der Waals surface area (Å²) in [6, 6.07) is 15.1. The maximum atomic E-state index is 13.8. The molecule has 4 amide bonds. The average Bonchev–Trinajstić information content (AvgIpc) is 3.84. The fraction of sp³-hybridized carbons (Fsp3) is 0.444. The van der Waals surface area contributed by atoms with Gasteiger partial charge in [0.15, 0.2) is 0 Å². The maximum Gasteiger partial charge on any atom is 0.258 e. The van der Waals surface area contributed by atoms with Gasteiger partial charge in [0.2, 0.25) is 11.8 Å². The van der Waals surface area contributed by atoms with E-state index in [4.69, 9.17) is 5.10 Å². The Kier molecular flexibility index (Phi) is 10.1. The van der Waals surface area contributed by atoms with Crippen molar-refractivity contribution in [1.82, 2.24) is 34.9 Å². The minimum Gasteiger partial charge on any atom is -0.371 e. The highest BCUT2D eigenvalue weighted by molar-refractivity contribution is 6.13. The number of nitrogens with zero attached hydrogens (tertiary/aromatic N) is 7. The van der Waals surface area contributed by atoms with Gasteiger partial charge in [-0.25, -0.2) is 4.98 Å². The number of H-pyrrole nitrogens is 1. The van der Waals surface area contributed by atoms with E-state index < -0.39 is 6.04 Å². The standard InChI is InChI=1S/C45H50N10O5/c56-40-10-9-38(44(59)49-40)54-25-29-7-8-32(22-35(29)45(54)60)52-19-11-28(12-20-52)24-51-17-13-31(14-18-51)55-26-30-21-37(39(23-36(30)50-55)53-15-2-1-3-16-53)48-43(58)34-6-4-5-33-41(34)46-27-47-42(33)57/h4-8,21-23,26-28,31,38H,1-3,9-20,24-25H2,(H,48,58)(H,46,47,57)(H,49,56,59). The molecule has 15 heteroatoms. The molecule has 7 heterocycles. The number of hydrogen-bond acceptors (Lipinski definition) is 10. The van der Waals surface area contributed by atoms with E-state index in [1.807, 2.05) is 18.2 Å². The zero-order valence-electron chi connectivity index (χ0n) is 33.7. The Balaban J connectivity index is 0.764. The number of piperidine rings is 4. The van der Waals surface area contributed by atoms with Gasteiger partial charge in [-0.05, 0) is 99.2 Å². The van der Waals surface area contributed by atoms with E-state index in [1.54, 1.807) is 23.1 Å². The second kappa shape index (κ2) is 15.8. The van der Waals surface area contributed by atoms with Crippen molar-refractivity contribution >= 4 is 62.5 Å². The number of rotatable bonds is 8. The first kappa shape index (κ1) is 38.1. The molecular weight excluding hydrogens is 761 g/mol. The van der Waals surface area contributed by atoms with Gasteiger partial charge in [0, 0.05) is 81.6 Å². The van der Waals surface area contributed by atoms with Crippen LogP contribution in [0.1, 0.15) is 90.1 Å². The van der Waals surface area contributed by atoms with Crippen LogP contribution in [0.2, 0.25) is 0 Å². The van der Waals surface area contributed by atoms with Gasteiger partial charge in [0.1, 0.15) is 6.04 Å². The van der Waals surface area contributed by atoms with E-state index in [9.17, 15) is 24.0 Å². The number of nitrogens with one attached hydrogen (secondary N) is 3. The van der Waals surface area contributed by atoms with Crippen LogP contribution in [0.3, 0.4) is 0 Å². The molecule has 5 aliphatic heterocycles. The van der Waals surface area contributed by atoms with Crippen LogP contribution in [-0.4, -0.2) is 105 Å². The lowest BCUT2D eigenvalue weighted by atomic mass is 9.94. The van der Waals surface area contributed by atoms with Crippen LogP contribution in [0.5, 0.6) is 0 Å². The maximum absolute atomic E-state index is 13.8. The number of aromatic amines is 1. The van der Waals surface area contributed by atoms with Crippen molar-refractivity contribution in [2.75, 3.05) is 60.9 Å². The Morgan fingerprint density at radius 1 is 0.850 bits per heavy atom. The van der Waals surface area contributed by atoms with Gasteiger partial charge in [-0.2, -0.15) is 5.10 Å². The Bertz CT molecular complexity index is 2560. The summed E-state index contributed by atoms with van der Waals surface area (Å²) >= 11 is 0. The molecule has 0 saturated carbocycles. The highest BCUT2D eigenvalue weighted by Crippen LogP contribution is 2.36. The van der Waals surface area contributed by atoms with Crippen LogP contribution in [-0.2, 0) is 16.1 Å². The number of fused-ring (bicyclic) bond motifs is 3. The van der Waals surface area contributed by atoms with Gasteiger partial charge < -0.3 is 29.9 Å². The van der Waals surface area contributed by atoms with E-state index in [0.717, 1.165) is 118 Å². The van der Waals surface area contributed by atoms with E-state index in [0.29, 0.717) is 47.0 Å². The second-order valence-corrected chi connectivity index (χ2v) is 17.2. The monoisotopic (exact) mass is 810 g/mol. The first-order valence-electron chi connectivity index (χ1n) is 21.6. The Morgan fingerprint density at radius 2 is 1.67 bits per heavy atom. The molecule has 10 rings (SSSR count). The summed E-state index contributed by atoms with van der Waals surface area (Å²) in [5.41, 5.74) is 5.72.